The molecule has 0 bridgehead atoms. The van der Waals surface area contributed by atoms with E-state index >= 15 is 0 Å². The van der Waals surface area contributed by atoms with E-state index in [2.05, 4.69) is 15.4 Å². The number of rotatable bonds is 7. The van der Waals surface area contributed by atoms with E-state index in [0.29, 0.717) is 22.1 Å². The largest absolute Gasteiger partial charge is 0.487 e. The number of ether oxygens (including phenoxy) is 1. The summed E-state index contributed by atoms with van der Waals surface area (Å²) in [4.78, 5) is 21.0. The van der Waals surface area contributed by atoms with Gasteiger partial charge in [0, 0.05) is 21.7 Å². The van der Waals surface area contributed by atoms with Crippen molar-refractivity contribution >= 4 is 28.4 Å². The van der Waals surface area contributed by atoms with Gasteiger partial charge in [0.1, 0.15) is 36.1 Å². The molecule has 9 heteroatoms. The molecule has 0 fully saturated rings. The summed E-state index contributed by atoms with van der Waals surface area (Å²) in [5.41, 5.74) is 4.93. The van der Waals surface area contributed by atoms with Crippen LogP contribution in [0.2, 0.25) is 5.02 Å². The number of benzene rings is 2. The Morgan fingerprint density at radius 3 is 2.66 bits per heavy atom. The van der Waals surface area contributed by atoms with Crippen LogP contribution < -0.4 is 10.1 Å². The van der Waals surface area contributed by atoms with Gasteiger partial charge in [-0.1, -0.05) is 29.8 Å². The fourth-order valence-electron chi connectivity index (χ4n) is 4.00. The van der Waals surface area contributed by atoms with Crippen LogP contribution in [0.25, 0.3) is 16.6 Å². The fraction of sp³-hybridized carbons (Fsp3) is 0.308. The Hall–Kier alpha value is -3.49. The van der Waals surface area contributed by atoms with Crippen LogP contribution in [0, 0.1) is 20.8 Å². The third kappa shape index (κ3) is 5.28. The van der Waals surface area contributed by atoms with Gasteiger partial charge in [-0.2, -0.15) is 5.10 Å². The third-order valence-corrected chi connectivity index (χ3v) is 6.05. The van der Waals surface area contributed by atoms with E-state index in [4.69, 9.17) is 21.3 Å². The van der Waals surface area contributed by atoms with Crippen molar-refractivity contribution in [2.75, 3.05) is 0 Å². The fourth-order valence-corrected chi connectivity index (χ4v) is 4.33. The van der Waals surface area contributed by atoms with Crippen molar-refractivity contribution in [2.45, 2.75) is 53.4 Å². The first-order chi connectivity index (χ1) is 16.6. The second-order valence-corrected chi connectivity index (χ2v) is 9.09. The highest BCUT2D eigenvalue weighted by atomic mass is 35.5. The summed E-state index contributed by atoms with van der Waals surface area (Å²) in [7, 11) is 0. The molecule has 1 amide bonds. The average Bonchev–Trinajstić information content (AvgIpc) is 3.23. The van der Waals surface area contributed by atoms with Crippen LogP contribution >= 0.6 is 11.6 Å². The maximum atomic E-state index is 12.1. The molecular formula is C26H28ClN5O3. The first kappa shape index (κ1) is 24.6. The number of carbonyl (C=O) groups excluding carboxylic acids is 1. The van der Waals surface area contributed by atoms with Gasteiger partial charge in [0.15, 0.2) is 0 Å². The highest BCUT2D eigenvalue weighted by Crippen LogP contribution is 2.32. The molecule has 4 rings (SSSR count). The topological polar surface area (TPSA) is 102 Å². The van der Waals surface area contributed by atoms with Crippen molar-refractivity contribution < 1.29 is 14.6 Å². The summed E-state index contributed by atoms with van der Waals surface area (Å²) in [6.07, 6.45) is 0.573. The number of halogens is 1. The van der Waals surface area contributed by atoms with Crippen LogP contribution in [0.5, 0.6) is 5.75 Å². The average molecular weight is 494 g/mol. The van der Waals surface area contributed by atoms with Crippen molar-refractivity contribution in [1.29, 1.82) is 0 Å². The molecule has 8 nitrogen and oxygen atoms in total. The van der Waals surface area contributed by atoms with E-state index in [1.54, 1.807) is 11.0 Å². The van der Waals surface area contributed by atoms with Gasteiger partial charge in [-0.15, -0.1) is 0 Å². The molecule has 2 atom stereocenters. The van der Waals surface area contributed by atoms with E-state index in [1.165, 1.54) is 6.92 Å². The smallest absolute Gasteiger partial charge is 0.249 e. The lowest BCUT2D eigenvalue weighted by Crippen LogP contribution is -2.34. The first-order valence-corrected chi connectivity index (χ1v) is 11.7. The van der Waals surface area contributed by atoms with Crippen molar-refractivity contribution in [3.63, 3.8) is 0 Å². The second kappa shape index (κ2) is 10.0. The normalized spacial score (nSPS) is 13.0. The molecule has 182 valence electrons. The number of aromatic nitrogens is 4. The zero-order valence-corrected chi connectivity index (χ0v) is 21.1. The lowest BCUT2D eigenvalue weighted by Gasteiger charge is -2.21. The summed E-state index contributed by atoms with van der Waals surface area (Å²) in [5, 5.41) is 18.3. The Labute approximate surface area is 208 Å². The van der Waals surface area contributed by atoms with Crippen LogP contribution in [0.3, 0.4) is 0 Å². The summed E-state index contributed by atoms with van der Waals surface area (Å²) in [6.45, 7) is 9.16. The highest BCUT2D eigenvalue weighted by molar-refractivity contribution is 6.31. The molecule has 0 spiro atoms. The zero-order chi connectivity index (χ0) is 25.3. The van der Waals surface area contributed by atoms with Gasteiger partial charge in [-0.05, 0) is 63.9 Å². The SMILES string of the molecule is Cc1cc(Cl)c(COc2cccc3c(-n4cnc(C)n4)cc(C)nc23)c([C@H](C)NC(=O)[C@@H](C)O)c1. The van der Waals surface area contributed by atoms with Gasteiger partial charge in [0.2, 0.25) is 5.91 Å². The number of nitrogens with one attached hydrogen (secondary N) is 1. The quantitative estimate of drug-likeness (QED) is 0.392. The number of fused-ring (bicyclic) bond motifs is 1. The molecule has 4 aromatic rings. The molecule has 2 aromatic heterocycles. The summed E-state index contributed by atoms with van der Waals surface area (Å²) >= 11 is 6.62. The Morgan fingerprint density at radius 2 is 1.97 bits per heavy atom. The predicted octanol–water partition coefficient (Wildman–Crippen LogP) is 4.53. The number of hydrogen-bond acceptors (Lipinski definition) is 6. The van der Waals surface area contributed by atoms with Crippen LogP contribution in [0.15, 0.2) is 42.7 Å². The van der Waals surface area contributed by atoms with Gasteiger partial charge in [-0.25, -0.2) is 14.6 Å². The van der Waals surface area contributed by atoms with Crippen LogP contribution in [-0.2, 0) is 11.4 Å². The van der Waals surface area contributed by atoms with Crippen LogP contribution in [0.1, 0.15) is 48.1 Å². The number of carbonyl (C=O) groups is 1. The standard InChI is InChI=1S/C26H28ClN5O3/c1-14-9-20(16(3)30-26(34)17(4)33)21(22(27)10-14)12-35-24-8-6-7-19-23(11-15(2)29-25(19)24)32-13-28-18(5)31-32/h6-11,13,16-17,33H,12H2,1-5H3,(H,30,34)/t16-,17+/m0/s1. The number of nitrogens with zero attached hydrogens (tertiary/aromatic N) is 4. The number of hydrogen-bond donors (Lipinski definition) is 2. The minimum atomic E-state index is -1.11. The van der Waals surface area contributed by atoms with Crippen molar-refractivity contribution in [3.8, 4) is 11.4 Å². The molecular weight excluding hydrogens is 466 g/mol. The Morgan fingerprint density at radius 1 is 1.20 bits per heavy atom. The van der Waals surface area contributed by atoms with E-state index < -0.39 is 12.0 Å². The Bertz CT molecular complexity index is 1400. The minimum absolute atomic E-state index is 0.176. The maximum Gasteiger partial charge on any atom is 0.249 e. The molecule has 2 N–H and O–H groups in total. The number of pyridine rings is 1. The Kier molecular flexibility index (Phi) is 7.05. The summed E-state index contributed by atoms with van der Waals surface area (Å²) < 4.78 is 8.00. The van der Waals surface area contributed by atoms with E-state index in [0.717, 1.165) is 33.5 Å². The molecule has 0 unspecified atom stereocenters. The molecule has 0 radical (unpaired) electrons. The molecule has 2 heterocycles. The summed E-state index contributed by atoms with van der Waals surface area (Å²) in [5.74, 6) is 0.831. The number of aryl methyl sites for hydroxylation is 3. The van der Waals surface area contributed by atoms with Gasteiger partial charge in [0.05, 0.1) is 11.7 Å². The summed E-state index contributed by atoms with van der Waals surface area (Å²) in [6, 6.07) is 11.2. The molecule has 35 heavy (non-hydrogen) atoms. The van der Waals surface area contributed by atoms with Crippen molar-refractivity contribution in [1.82, 2.24) is 25.1 Å². The molecule has 0 aliphatic carbocycles. The predicted molar refractivity (Wildman–Crippen MR) is 135 cm³/mol. The molecule has 0 saturated carbocycles. The number of amides is 1. The molecule has 0 aliphatic heterocycles. The van der Waals surface area contributed by atoms with Crippen molar-refractivity contribution in [3.05, 3.63) is 76.0 Å². The number of aliphatic hydroxyl groups excluding tert-OH is 1. The Balaban J connectivity index is 1.70. The highest BCUT2D eigenvalue weighted by Gasteiger charge is 2.20. The van der Waals surface area contributed by atoms with Crippen molar-refractivity contribution in [2.24, 2.45) is 0 Å². The van der Waals surface area contributed by atoms with Crippen LogP contribution in [-0.4, -0.2) is 36.9 Å². The molecule has 0 aliphatic rings. The second-order valence-electron chi connectivity index (χ2n) is 8.68. The van der Waals surface area contributed by atoms with Gasteiger partial charge < -0.3 is 15.2 Å². The third-order valence-electron chi connectivity index (χ3n) is 5.71. The first-order valence-electron chi connectivity index (χ1n) is 11.3. The maximum absolute atomic E-state index is 12.1. The monoisotopic (exact) mass is 493 g/mol. The molecule has 2 aromatic carbocycles. The lowest BCUT2D eigenvalue weighted by molar-refractivity contribution is -0.129. The lowest BCUT2D eigenvalue weighted by atomic mass is 9.99. The minimum Gasteiger partial charge on any atom is -0.487 e. The molecule has 0 saturated heterocycles. The number of para-hydroxylation sites is 1. The number of aliphatic hydroxyl groups is 1. The zero-order valence-electron chi connectivity index (χ0n) is 20.3. The van der Waals surface area contributed by atoms with Gasteiger partial charge in [-0.3, -0.25) is 4.79 Å². The van der Waals surface area contributed by atoms with E-state index in [9.17, 15) is 9.90 Å². The van der Waals surface area contributed by atoms with Gasteiger partial charge >= 0.3 is 0 Å². The van der Waals surface area contributed by atoms with E-state index in [1.807, 2.05) is 64.1 Å². The van der Waals surface area contributed by atoms with Gasteiger partial charge in [0.25, 0.3) is 0 Å². The van der Waals surface area contributed by atoms with E-state index in [-0.39, 0.29) is 12.6 Å². The van der Waals surface area contributed by atoms with Crippen LogP contribution in [0.4, 0.5) is 0 Å².